The summed E-state index contributed by atoms with van der Waals surface area (Å²) in [4.78, 5) is 39.7. The van der Waals surface area contributed by atoms with E-state index in [9.17, 15) is 14.4 Å². The lowest BCUT2D eigenvalue weighted by Crippen LogP contribution is -2.43. The number of benzene rings is 1. The third kappa shape index (κ3) is 5.19. The van der Waals surface area contributed by atoms with Crippen molar-refractivity contribution in [2.75, 3.05) is 41.2 Å². The lowest BCUT2D eigenvalue weighted by molar-refractivity contribution is -0.151. The van der Waals surface area contributed by atoms with Crippen molar-refractivity contribution in [3.05, 3.63) is 46.3 Å². The number of dihydropyridines is 1. The normalized spacial score (nSPS) is 21.8. The highest BCUT2D eigenvalue weighted by Gasteiger charge is 2.48. The molecule has 1 aromatic carbocycles. The summed E-state index contributed by atoms with van der Waals surface area (Å²) in [5.41, 5.74) is 2.38. The number of allylic oxidation sites excluding steroid dienone is 3. The molecule has 1 heterocycles. The summed E-state index contributed by atoms with van der Waals surface area (Å²) in [5.74, 6) is -2.66. The number of methoxy groups -OCH3 is 3. The van der Waals surface area contributed by atoms with Crippen LogP contribution in [0.15, 0.2) is 40.7 Å². The van der Waals surface area contributed by atoms with Gasteiger partial charge in [0.05, 0.1) is 39.4 Å². The molecular weight excluding hydrogens is 454 g/mol. The fourth-order valence-electron chi connectivity index (χ4n) is 4.74. The summed E-state index contributed by atoms with van der Waals surface area (Å²) in [6.07, 6.45) is 0.438. The molecule has 0 saturated heterocycles. The van der Waals surface area contributed by atoms with Gasteiger partial charge in [-0.05, 0) is 44.4 Å². The standard InChI is InChI=1S/C26H33NO8/c1-7-34-10-11-35-26(30)21-15(3)27-18-12-14(2)20(25(29)33-6)24(28)23(18)22(21)17-13-16(31-4)8-9-19(17)32-5/h8-9,13-14,20,22,27H,7,10-12H2,1-6H3. The molecule has 0 radical (unpaired) electrons. The van der Waals surface area contributed by atoms with Crippen LogP contribution in [0.3, 0.4) is 0 Å². The monoisotopic (exact) mass is 487 g/mol. The summed E-state index contributed by atoms with van der Waals surface area (Å²) in [7, 11) is 4.31. The topological polar surface area (TPSA) is 109 Å². The first kappa shape index (κ1) is 26.3. The zero-order chi connectivity index (χ0) is 25.7. The summed E-state index contributed by atoms with van der Waals surface area (Å²) >= 11 is 0. The average Bonchev–Trinajstić information content (AvgIpc) is 2.84. The number of Topliss-reactive ketones (excluding diaryl/α,β-unsaturated/α-hetero) is 1. The molecule has 35 heavy (non-hydrogen) atoms. The van der Waals surface area contributed by atoms with Gasteiger partial charge in [-0.25, -0.2) is 4.79 Å². The maximum absolute atomic E-state index is 13.8. The smallest absolute Gasteiger partial charge is 0.336 e. The Morgan fingerprint density at radius 2 is 1.86 bits per heavy atom. The summed E-state index contributed by atoms with van der Waals surface area (Å²) in [5, 5.41) is 3.24. The second-order valence-electron chi connectivity index (χ2n) is 8.48. The molecule has 0 bridgehead atoms. The third-order valence-corrected chi connectivity index (χ3v) is 6.38. The Morgan fingerprint density at radius 1 is 1.11 bits per heavy atom. The van der Waals surface area contributed by atoms with Gasteiger partial charge in [0.1, 0.15) is 24.0 Å². The van der Waals surface area contributed by atoms with Crippen molar-refractivity contribution in [1.29, 1.82) is 0 Å². The molecule has 1 aliphatic carbocycles. The molecule has 0 spiro atoms. The van der Waals surface area contributed by atoms with E-state index in [4.69, 9.17) is 23.7 Å². The Bertz CT molecular complexity index is 1060. The molecule has 9 heteroatoms. The number of carbonyl (C=O) groups is 3. The minimum Gasteiger partial charge on any atom is -0.497 e. The summed E-state index contributed by atoms with van der Waals surface area (Å²) < 4.78 is 26.8. The quantitative estimate of drug-likeness (QED) is 0.319. The van der Waals surface area contributed by atoms with Crippen LogP contribution >= 0.6 is 0 Å². The van der Waals surface area contributed by atoms with Crippen LogP contribution in [0.1, 0.15) is 38.7 Å². The first-order valence-corrected chi connectivity index (χ1v) is 11.6. The molecular formula is C26H33NO8. The van der Waals surface area contributed by atoms with E-state index in [2.05, 4.69) is 5.32 Å². The van der Waals surface area contributed by atoms with Crippen LogP contribution in [0.4, 0.5) is 0 Å². The van der Waals surface area contributed by atoms with E-state index in [1.165, 1.54) is 21.3 Å². The van der Waals surface area contributed by atoms with Crippen LogP contribution in [-0.2, 0) is 28.6 Å². The zero-order valence-corrected chi connectivity index (χ0v) is 21.1. The molecule has 0 amide bonds. The number of ether oxygens (including phenoxy) is 5. The maximum Gasteiger partial charge on any atom is 0.336 e. The Labute approximate surface area is 205 Å². The van der Waals surface area contributed by atoms with E-state index in [0.29, 0.717) is 47.1 Å². The van der Waals surface area contributed by atoms with Gasteiger partial charge in [-0.3, -0.25) is 9.59 Å². The number of hydrogen-bond acceptors (Lipinski definition) is 9. The first-order chi connectivity index (χ1) is 16.8. The molecule has 1 aromatic rings. The summed E-state index contributed by atoms with van der Waals surface area (Å²) in [6, 6.07) is 5.19. The lowest BCUT2D eigenvalue weighted by Gasteiger charge is -2.38. The van der Waals surface area contributed by atoms with Gasteiger partial charge in [0, 0.05) is 29.1 Å². The minimum absolute atomic E-state index is 0.0626. The summed E-state index contributed by atoms with van der Waals surface area (Å²) in [6.45, 7) is 6.28. The van der Waals surface area contributed by atoms with E-state index < -0.39 is 23.8 Å². The Kier molecular flexibility index (Phi) is 8.56. The SMILES string of the molecule is CCOCCOC(=O)C1=C(C)NC2=C(C(=O)C(C(=O)OC)C(C)C2)C1c1cc(OC)ccc1OC. The molecule has 1 N–H and O–H groups in total. The number of hydrogen-bond donors (Lipinski definition) is 1. The fourth-order valence-corrected chi connectivity index (χ4v) is 4.74. The second kappa shape index (κ2) is 11.4. The van der Waals surface area contributed by atoms with Crippen molar-refractivity contribution in [2.24, 2.45) is 11.8 Å². The molecule has 0 aromatic heterocycles. The van der Waals surface area contributed by atoms with E-state index in [1.807, 2.05) is 13.8 Å². The van der Waals surface area contributed by atoms with Gasteiger partial charge in [-0.1, -0.05) is 6.92 Å². The van der Waals surface area contributed by atoms with Crippen LogP contribution in [-0.4, -0.2) is 58.9 Å². The van der Waals surface area contributed by atoms with E-state index in [0.717, 1.165) is 0 Å². The maximum atomic E-state index is 13.8. The Balaban J connectivity index is 2.17. The lowest BCUT2D eigenvalue weighted by atomic mass is 9.69. The van der Waals surface area contributed by atoms with Crippen LogP contribution in [0, 0.1) is 11.8 Å². The van der Waals surface area contributed by atoms with Crippen molar-refractivity contribution in [3.8, 4) is 11.5 Å². The number of esters is 2. The molecule has 3 unspecified atom stereocenters. The van der Waals surface area contributed by atoms with Gasteiger partial charge in [0.2, 0.25) is 0 Å². The van der Waals surface area contributed by atoms with Gasteiger partial charge in [0.25, 0.3) is 0 Å². The van der Waals surface area contributed by atoms with Crippen molar-refractivity contribution in [1.82, 2.24) is 5.32 Å². The first-order valence-electron chi connectivity index (χ1n) is 11.6. The van der Waals surface area contributed by atoms with E-state index >= 15 is 0 Å². The van der Waals surface area contributed by atoms with Crippen LogP contribution in [0.25, 0.3) is 0 Å². The molecule has 0 fully saturated rings. The molecule has 2 aliphatic rings. The number of rotatable bonds is 9. The predicted molar refractivity (Wildman–Crippen MR) is 127 cm³/mol. The van der Waals surface area contributed by atoms with Crippen molar-refractivity contribution in [3.63, 3.8) is 0 Å². The molecule has 3 atom stereocenters. The highest BCUT2D eigenvalue weighted by molar-refractivity contribution is 6.12. The fraction of sp³-hybridized carbons (Fsp3) is 0.500. The third-order valence-electron chi connectivity index (χ3n) is 6.38. The molecule has 1 aliphatic heterocycles. The van der Waals surface area contributed by atoms with E-state index in [-0.39, 0.29) is 30.5 Å². The minimum atomic E-state index is -0.978. The highest BCUT2D eigenvalue weighted by Crippen LogP contribution is 2.48. The number of ketones is 1. The van der Waals surface area contributed by atoms with Crippen molar-refractivity contribution in [2.45, 2.75) is 33.1 Å². The second-order valence-corrected chi connectivity index (χ2v) is 8.48. The van der Waals surface area contributed by atoms with Gasteiger partial charge < -0.3 is 29.0 Å². The van der Waals surface area contributed by atoms with E-state index in [1.54, 1.807) is 25.1 Å². The van der Waals surface area contributed by atoms with Crippen LogP contribution in [0.2, 0.25) is 0 Å². The zero-order valence-electron chi connectivity index (χ0n) is 21.1. The number of carbonyl (C=O) groups excluding carboxylic acids is 3. The van der Waals surface area contributed by atoms with Gasteiger partial charge in [0.15, 0.2) is 5.78 Å². The van der Waals surface area contributed by atoms with Crippen LogP contribution < -0.4 is 14.8 Å². The Morgan fingerprint density at radius 3 is 2.49 bits per heavy atom. The Hall–Kier alpha value is -3.33. The average molecular weight is 488 g/mol. The predicted octanol–water partition coefficient (Wildman–Crippen LogP) is 2.90. The number of nitrogens with one attached hydrogen (secondary N) is 1. The largest absolute Gasteiger partial charge is 0.497 e. The van der Waals surface area contributed by atoms with Gasteiger partial charge in [-0.15, -0.1) is 0 Å². The van der Waals surface area contributed by atoms with Gasteiger partial charge in [-0.2, -0.15) is 0 Å². The molecule has 190 valence electrons. The molecule has 3 rings (SSSR count). The molecule has 0 saturated carbocycles. The van der Waals surface area contributed by atoms with Crippen molar-refractivity contribution < 1.29 is 38.1 Å². The van der Waals surface area contributed by atoms with Crippen LogP contribution in [0.5, 0.6) is 11.5 Å². The molecule has 9 nitrogen and oxygen atoms in total. The highest BCUT2D eigenvalue weighted by atomic mass is 16.6. The van der Waals surface area contributed by atoms with Gasteiger partial charge >= 0.3 is 11.9 Å². The van der Waals surface area contributed by atoms with Crippen molar-refractivity contribution >= 4 is 17.7 Å².